The van der Waals surface area contributed by atoms with E-state index in [0.29, 0.717) is 34.0 Å². The van der Waals surface area contributed by atoms with Crippen LogP contribution in [0.1, 0.15) is 36.2 Å². The Kier molecular flexibility index (Phi) is 6.89. The third-order valence-corrected chi connectivity index (χ3v) is 7.13. The van der Waals surface area contributed by atoms with Crippen molar-refractivity contribution < 1.29 is 9.59 Å². The van der Waals surface area contributed by atoms with Crippen LogP contribution < -0.4 is 10.6 Å². The van der Waals surface area contributed by atoms with Gasteiger partial charge in [0.05, 0.1) is 17.8 Å². The number of rotatable bonds is 6. The number of nitrogens with one attached hydrogen (secondary N) is 2. The molecule has 2 aliphatic heterocycles. The minimum absolute atomic E-state index is 0.0601. The first-order valence-corrected chi connectivity index (χ1v) is 12.7. The van der Waals surface area contributed by atoms with Crippen molar-refractivity contribution in [3.05, 3.63) is 64.8 Å². The lowest BCUT2D eigenvalue weighted by atomic mass is 10.1. The van der Waals surface area contributed by atoms with Crippen LogP contribution in [0.4, 0.5) is 17.3 Å². The Morgan fingerprint density at radius 3 is 2.72 bits per heavy atom. The number of fused-ring (bicyclic) bond motifs is 3. The molecule has 0 radical (unpaired) electrons. The minimum atomic E-state index is -0.136. The van der Waals surface area contributed by atoms with Crippen LogP contribution in [0.25, 0.3) is 11.3 Å². The monoisotopic (exact) mass is 504 g/mol. The van der Waals surface area contributed by atoms with Gasteiger partial charge in [-0.3, -0.25) is 14.5 Å². The van der Waals surface area contributed by atoms with Crippen molar-refractivity contribution in [1.29, 1.82) is 0 Å². The number of nitrogens with zero attached hydrogens (tertiary/aromatic N) is 4. The molecule has 3 heterocycles. The van der Waals surface area contributed by atoms with E-state index in [1.807, 2.05) is 35.2 Å². The van der Waals surface area contributed by atoms with Crippen LogP contribution in [0.2, 0.25) is 5.02 Å². The fraction of sp³-hybridized carbons (Fsp3) is 0.333. The van der Waals surface area contributed by atoms with Crippen LogP contribution in [0.3, 0.4) is 0 Å². The molecule has 5 rings (SSSR count). The Balaban J connectivity index is 1.31. The van der Waals surface area contributed by atoms with E-state index >= 15 is 0 Å². The van der Waals surface area contributed by atoms with Crippen LogP contribution in [0.15, 0.2) is 48.7 Å². The maximum atomic E-state index is 13.0. The molecule has 2 aromatic carbocycles. The van der Waals surface area contributed by atoms with Crippen molar-refractivity contribution in [2.24, 2.45) is 0 Å². The maximum Gasteiger partial charge on any atom is 0.253 e. The quantitative estimate of drug-likeness (QED) is 0.510. The summed E-state index contributed by atoms with van der Waals surface area (Å²) in [6.45, 7) is 7.89. The first kappa shape index (κ1) is 24.2. The standard InChI is InChI=1S/C27H29ClN6O2/c1-3-33(4-2)21-11-12-34(16-21)26(36)17-5-8-20(9-6-17)30-27-29-15-18-13-24(35)31-23-14-19(28)7-10-22(23)25(18)32-27/h5-10,14-15,21H,3-4,11-13,16H2,1-2H3,(H,31,35)(H,29,30,32). The molecule has 1 aromatic heterocycles. The summed E-state index contributed by atoms with van der Waals surface area (Å²) in [5, 5.41) is 6.64. The van der Waals surface area contributed by atoms with Gasteiger partial charge in [0, 0.05) is 52.7 Å². The van der Waals surface area contributed by atoms with Gasteiger partial charge in [0.15, 0.2) is 0 Å². The van der Waals surface area contributed by atoms with E-state index in [9.17, 15) is 9.59 Å². The Morgan fingerprint density at radius 2 is 1.97 bits per heavy atom. The second kappa shape index (κ2) is 10.2. The molecule has 1 fully saturated rings. The highest BCUT2D eigenvalue weighted by atomic mass is 35.5. The van der Waals surface area contributed by atoms with E-state index in [-0.39, 0.29) is 18.2 Å². The van der Waals surface area contributed by atoms with E-state index in [1.54, 1.807) is 18.3 Å². The lowest BCUT2D eigenvalue weighted by molar-refractivity contribution is -0.115. The van der Waals surface area contributed by atoms with E-state index in [4.69, 9.17) is 16.6 Å². The van der Waals surface area contributed by atoms with Crippen molar-refractivity contribution in [3.8, 4) is 11.3 Å². The molecular formula is C27H29ClN6O2. The molecule has 0 bridgehead atoms. The topological polar surface area (TPSA) is 90.5 Å². The molecule has 0 aliphatic carbocycles. The van der Waals surface area contributed by atoms with Crippen molar-refractivity contribution >= 4 is 40.7 Å². The average Bonchev–Trinajstić information content (AvgIpc) is 3.31. The van der Waals surface area contributed by atoms with Crippen LogP contribution in [0.5, 0.6) is 0 Å². The third kappa shape index (κ3) is 4.92. The molecule has 2 aliphatic rings. The molecule has 1 atom stereocenters. The van der Waals surface area contributed by atoms with Gasteiger partial charge in [0.2, 0.25) is 11.9 Å². The van der Waals surface area contributed by atoms with E-state index in [0.717, 1.165) is 49.4 Å². The smallest absolute Gasteiger partial charge is 0.253 e. The molecule has 2 N–H and O–H groups in total. The molecule has 186 valence electrons. The number of aromatic nitrogens is 2. The molecule has 0 spiro atoms. The number of likely N-dealkylation sites (tertiary alicyclic amines) is 1. The van der Waals surface area contributed by atoms with Crippen LogP contribution in [-0.4, -0.2) is 63.8 Å². The molecule has 1 saturated heterocycles. The van der Waals surface area contributed by atoms with Crippen LogP contribution in [-0.2, 0) is 11.2 Å². The zero-order chi connectivity index (χ0) is 25.2. The molecule has 36 heavy (non-hydrogen) atoms. The largest absolute Gasteiger partial charge is 0.337 e. The zero-order valence-corrected chi connectivity index (χ0v) is 21.2. The molecule has 8 nitrogen and oxygen atoms in total. The molecule has 3 aromatic rings. The van der Waals surface area contributed by atoms with Crippen molar-refractivity contribution in [1.82, 2.24) is 19.8 Å². The van der Waals surface area contributed by atoms with Gasteiger partial charge >= 0.3 is 0 Å². The normalized spacial score (nSPS) is 16.8. The highest BCUT2D eigenvalue weighted by Crippen LogP contribution is 2.35. The number of halogens is 1. The first-order valence-electron chi connectivity index (χ1n) is 12.3. The maximum absolute atomic E-state index is 13.0. The number of hydrogen-bond acceptors (Lipinski definition) is 6. The van der Waals surface area contributed by atoms with E-state index in [2.05, 4.69) is 34.4 Å². The van der Waals surface area contributed by atoms with Crippen LogP contribution >= 0.6 is 11.6 Å². The van der Waals surface area contributed by atoms with Gasteiger partial charge in [-0.2, -0.15) is 0 Å². The molecular weight excluding hydrogens is 476 g/mol. The van der Waals surface area contributed by atoms with E-state index < -0.39 is 0 Å². The fourth-order valence-corrected chi connectivity index (χ4v) is 5.17. The summed E-state index contributed by atoms with van der Waals surface area (Å²) in [5.41, 5.74) is 4.28. The number of likely N-dealkylation sites (N-methyl/N-ethyl adjacent to an activating group) is 1. The molecule has 0 saturated carbocycles. The van der Waals surface area contributed by atoms with Crippen molar-refractivity contribution in [2.45, 2.75) is 32.7 Å². The SMILES string of the molecule is CCN(CC)C1CCN(C(=O)c2ccc(Nc3ncc4c(n3)-c3ccc(Cl)cc3NC(=O)C4)cc2)C1. The van der Waals surface area contributed by atoms with Crippen LogP contribution in [0, 0.1) is 0 Å². The molecule has 1 unspecified atom stereocenters. The third-order valence-electron chi connectivity index (χ3n) is 6.89. The summed E-state index contributed by atoms with van der Waals surface area (Å²) < 4.78 is 0. The lowest BCUT2D eigenvalue weighted by Gasteiger charge is -2.26. The van der Waals surface area contributed by atoms with Gasteiger partial charge in [-0.1, -0.05) is 25.4 Å². The highest BCUT2D eigenvalue weighted by Gasteiger charge is 2.29. The first-order chi connectivity index (χ1) is 17.4. The summed E-state index contributed by atoms with van der Waals surface area (Å²) in [6.07, 6.45) is 2.87. The van der Waals surface area contributed by atoms with Gasteiger partial charge in [-0.15, -0.1) is 0 Å². The number of benzene rings is 2. The Morgan fingerprint density at radius 1 is 1.19 bits per heavy atom. The van der Waals surface area contributed by atoms with Crippen molar-refractivity contribution in [2.75, 3.05) is 36.8 Å². The minimum Gasteiger partial charge on any atom is -0.337 e. The van der Waals surface area contributed by atoms with Gasteiger partial charge in [0.1, 0.15) is 0 Å². The molecule has 9 heteroatoms. The summed E-state index contributed by atoms with van der Waals surface area (Å²) in [7, 11) is 0. The van der Waals surface area contributed by atoms with Gasteiger partial charge in [0.25, 0.3) is 5.91 Å². The fourth-order valence-electron chi connectivity index (χ4n) is 5.00. The van der Waals surface area contributed by atoms with Gasteiger partial charge in [-0.05, 0) is 62.0 Å². The highest BCUT2D eigenvalue weighted by molar-refractivity contribution is 6.31. The number of hydrogen-bond donors (Lipinski definition) is 2. The molecule has 2 amide bonds. The second-order valence-corrected chi connectivity index (χ2v) is 9.54. The number of carbonyl (C=O) groups excluding carboxylic acids is 2. The zero-order valence-electron chi connectivity index (χ0n) is 20.4. The van der Waals surface area contributed by atoms with Gasteiger partial charge in [-0.25, -0.2) is 9.97 Å². The number of amides is 2. The summed E-state index contributed by atoms with van der Waals surface area (Å²) in [4.78, 5) is 38.8. The Labute approximate surface area is 215 Å². The summed E-state index contributed by atoms with van der Waals surface area (Å²) in [6, 6.07) is 13.2. The van der Waals surface area contributed by atoms with Gasteiger partial charge < -0.3 is 15.5 Å². The Bertz CT molecular complexity index is 1290. The average molecular weight is 505 g/mol. The number of carbonyl (C=O) groups is 2. The Hall–Kier alpha value is -3.49. The van der Waals surface area contributed by atoms with E-state index in [1.165, 1.54) is 0 Å². The second-order valence-electron chi connectivity index (χ2n) is 9.10. The predicted molar refractivity (Wildman–Crippen MR) is 142 cm³/mol. The van der Waals surface area contributed by atoms with Crippen molar-refractivity contribution in [3.63, 3.8) is 0 Å². The summed E-state index contributed by atoms with van der Waals surface area (Å²) >= 11 is 6.13. The number of anilines is 3. The lowest BCUT2D eigenvalue weighted by Crippen LogP contribution is -2.38. The predicted octanol–water partition coefficient (Wildman–Crippen LogP) is 4.59. The summed E-state index contributed by atoms with van der Waals surface area (Å²) in [5.74, 6) is 0.331.